The summed E-state index contributed by atoms with van der Waals surface area (Å²) in [5, 5.41) is 4.26. The molecule has 0 aliphatic carbocycles. The molecular weight excluding hydrogens is 232 g/mol. The molecule has 2 aliphatic heterocycles. The summed E-state index contributed by atoms with van der Waals surface area (Å²) in [5.74, 6) is -0.447. The zero-order valence-electron chi connectivity index (χ0n) is 9.89. The lowest BCUT2D eigenvalue weighted by atomic mass is 9.89. The molecule has 1 N–H and O–H groups in total. The van der Waals surface area contributed by atoms with Crippen molar-refractivity contribution >= 4 is 11.9 Å². The molecule has 0 aromatic heterocycles. The van der Waals surface area contributed by atoms with Crippen LogP contribution in [-0.2, 0) is 9.63 Å². The van der Waals surface area contributed by atoms with Crippen LogP contribution in [-0.4, -0.2) is 35.6 Å². The van der Waals surface area contributed by atoms with E-state index in [0.29, 0.717) is 18.7 Å². The van der Waals surface area contributed by atoms with Crippen molar-refractivity contribution in [2.24, 2.45) is 0 Å². The second-order valence-corrected chi connectivity index (χ2v) is 4.66. The van der Waals surface area contributed by atoms with Crippen molar-refractivity contribution in [2.45, 2.75) is 18.4 Å². The summed E-state index contributed by atoms with van der Waals surface area (Å²) in [5.41, 5.74) is -0.107. The van der Waals surface area contributed by atoms with Gasteiger partial charge in [-0.1, -0.05) is 18.2 Å². The number of rotatable bonds is 2. The van der Waals surface area contributed by atoms with E-state index in [1.165, 1.54) is 0 Å². The lowest BCUT2D eigenvalue weighted by molar-refractivity contribution is -0.185. The number of hydrogen-bond donors (Lipinski definition) is 1. The average Bonchev–Trinajstić information content (AvgIpc) is 2.84. The lowest BCUT2D eigenvalue weighted by Crippen LogP contribution is -2.70. The van der Waals surface area contributed by atoms with Crippen LogP contribution in [0.5, 0.6) is 0 Å². The first kappa shape index (κ1) is 11.2. The van der Waals surface area contributed by atoms with Gasteiger partial charge in [0, 0.05) is 13.1 Å². The van der Waals surface area contributed by atoms with Crippen molar-refractivity contribution in [3.63, 3.8) is 0 Å². The molecule has 94 valence electrons. The van der Waals surface area contributed by atoms with Crippen molar-refractivity contribution < 1.29 is 14.4 Å². The van der Waals surface area contributed by atoms with Crippen LogP contribution in [0, 0.1) is 0 Å². The number of hydroxylamine groups is 2. The summed E-state index contributed by atoms with van der Waals surface area (Å²) in [4.78, 5) is 28.9. The number of β-lactam (4-membered cyclic amide) rings is 1. The lowest BCUT2D eigenvalue weighted by Gasteiger charge is -2.42. The molecule has 1 aromatic carbocycles. The molecule has 1 amide bonds. The predicted molar refractivity (Wildman–Crippen MR) is 63.5 cm³/mol. The topological polar surface area (TPSA) is 58.6 Å². The molecule has 3 rings (SSSR count). The van der Waals surface area contributed by atoms with Crippen LogP contribution in [0.15, 0.2) is 30.3 Å². The number of nitrogens with zero attached hydrogens (tertiary/aromatic N) is 1. The number of carbonyl (C=O) groups excluding carboxylic acids is 2. The Kier molecular flexibility index (Phi) is 2.56. The van der Waals surface area contributed by atoms with Crippen LogP contribution >= 0.6 is 0 Å². The molecule has 2 fully saturated rings. The highest BCUT2D eigenvalue weighted by atomic mass is 16.7. The van der Waals surface area contributed by atoms with Crippen LogP contribution in [0.3, 0.4) is 0 Å². The zero-order valence-corrected chi connectivity index (χ0v) is 9.89. The van der Waals surface area contributed by atoms with Gasteiger partial charge in [-0.05, 0) is 25.0 Å². The Balaban J connectivity index is 1.73. The molecule has 1 spiro atoms. The molecule has 5 nitrogen and oxygen atoms in total. The maximum absolute atomic E-state index is 11.9. The Morgan fingerprint density at radius 2 is 2.11 bits per heavy atom. The van der Waals surface area contributed by atoms with Gasteiger partial charge in [-0.15, -0.1) is 5.06 Å². The quantitative estimate of drug-likeness (QED) is 0.781. The van der Waals surface area contributed by atoms with E-state index in [0.717, 1.165) is 12.8 Å². The Labute approximate surface area is 105 Å². The third kappa shape index (κ3) is 1.59. The minimum Gasteiger partial charge on any atom is -0.363 e. The van der Waals surface area contributed by atoms with Crippen LogP contribution in [0.1, 0.15) is 23.2 Å². The number of nitrogens with one attached hydrogen (secondary N) is 1. The monoisotopic (exact) mass is 246 g/mol. The van der Waals surface area contributed by atoms with E-state index in [4.69, 9.17) is 4.84 Å². The van der Waals surface area contributed by atoms with Crippen LogP contribution in [0.25, 0.3) is 0 Å². The molecule has 0 bridgehead atoms. The van der Waals surface area contributed by atoms with Gasteiger partial charge in [0.1, 0.15) is 0 Å². The number of carbonyl (C=O) groups is 2. The van der Waals surface area contributed by atoms with Crippen LogP contribution < -0.4 is 5.32 Å². The zero-order chi connectivity index (χ0) is 12.6. The van der Waals surface area contributed by atoms with E-state index < -0.39 is 11.5 Å². The standard InChI is InChI=1S/C13H14N2O3/c16-11(10-5-2-1-3-6-10)18-15-8-4-7-13(15)9-14-12(13)17/h1-3,5-6H,4,7-9H2,(H,14,17)/t13-/m1/s1. The largest absolute Gasteiger partial charge is 0.363 e. The minimum absolute atomic E-state index is 0.0409. The van der Waals surface area contributed by atoms with Crippen molar-refractivity contribution in [1.82, 2.24) is 10.4 Å². The van der Waals surface area contributed by atoms with Crippen molar-refractivity contribution in [1.29, 1.82) is 0 Å². The molecular formula is C13H14N2O3. The Hall–Kier alpha value is -1.88. The van der Waals surface area contributed by atoms with Gasteiger partial charge in [-0.25, -0.2) is 4.79 Å². The first-order chi connectivity index (χ1) is 8.72. The summed E-state index contributed by atoms with van der Waals surface area (Å²) >= 11 is 0. The third-order valence-electron chi connectivity index (χ3n) is 3.60. The first-order valence-electron chi connectivity index (χ1n) is 6.06. The van der Waals surface area contributed by atoms with E-state index in [1.807, 2.05) is 6.07 Å². The van der Waals surface area contributed by atoms with Gasteiger partial charge in [-0.2, -0.15) is 0 Å². The smallest absolute Gasteiger partial charge is 0.357 e. The molecule has 0 radical (unpaired) electrons. The second-order valence-electron chi connectivity index (χ2n) is 4.66. The Bertz CT molecular complexity index is 488. The second kappa shape index (κ2) is 4.10. The normalized spacial score (nSPS) is 26.8. The number of amides is 1. The fourth-order valence-electron chi connectivity index (χ4n) is 2.48. The highest BCUT2D eigenvalue weighted by Crippen LogP contribution is 2.34. The van der Waals surface area contributed by atoms with E-state index in [9.17, 15) is 9.59 Å². The molecule has 0 saturated carbocycles. The number of hydrogen-bond acceptors (Lipinski definition) is 4. The van der Waals surface area contributed by atoms with Gasteiger partial charge < -0.3 is 10.2 Å². The van der Waals surface area contributed by atoms with Crippen molar-refractivity contribution in [2.75, 3.05) is 13.1 Å². The third-order valence-corrected chi connectivity index (χ3v) is 3.60. The summed E-state index contributed by atoms with van der Waals surface area (Å²) in [6.45, 7) is 1.18. The maximum atomic E-state index is 11.9. The van der Waals surface area contributed by atoms with Crippen molar-refractivity contribution in [3.05, 3.63) is 35.9 Å². The molecule has 2 aliphatic rings. The molecule has 2 heterocycles. The van der Waals surface area contributed by atoms with E-state index in [1.54, 1.807) is 29.3 Å². The Morgan fingerprint density at radius 1 is 1.33 bits per heavy atom. The molecule has 2 saturated heterocycles. The molecule has 5 heteroatoms. The minimum atomic E-state index is -0.607. The highest BCUT2D eigenvalue weighted by Gasteiger charge is 2.55. The summed E-state index contributed by atoms with van der Waals surface area (Å²) in [6.07, 6.45) is 1.62. The number of benzene rings is 1. The summed E-state index contributed by atoms with van der Waals surface area (Å²) < 4.78 is 0. The molecule has 1 aromatic rings. The van der Waals surface area contributed by atoms with Gasteiger partial charge in [0.15, 0.2) is 5.54 Å². The summed E-state index contributed by atoms with van der Waals surface area (Å²) in [6, 6.07) is 8.81. The Morgan fingerprint density at radius 3 is 2.72 bits per heavy atom. The van der Waals surface area contributed by atoms with Crippen molar-refractivity contribution in [3.8, 4) is 0 Å². The van der Waals surface area contributed by atoms with Gasteiger partial charge in [0.05, 0.1) is 5.56 Å². The van der Waals surface area contributed by atoms with E-state index in [-0.39, 0.29) is 5.91 Å². The molecule has 1 atom stereocenters. The average molecular weight is 246 g/mol. The fourth-order valence-corrected chi connectivity index (χ4v) is 2.48. The van der Waals surface area contributed by atoms with E-state index >= 15 is 0 Å². The van der Waals surface area contributed by atoms with Crippen LogP contribution in [0.4, 0.5) is 0 Å². The van der Waals surface area contributed by atoms with E-state index in [2.05, 4.69) is 5.32 Å². The van der Waals surface area contributed by atoms with Gasteiger partial charge in [0.25, 0.3) is 0 Å². The van der Waals surface area contributed by atoms with Gasteiger partial charge in [0.2, 0.25) is 5.91 Å². The predicted octanol–water partition coefficient (Wildman–Crippen LogP) is 0.723. The maximum Gasteiger partial charge on any atom is 0.357 e. The van der Waals surface area contributed by atoms with Gasteiger partial charge in [-0.3, -0.25) is 4.79 Å². The highest BCUT2D eigenvalue weighted by molar-refractivity contribution is 5.93. The first-order valence-corrected chi connectivity index (χ1v) is 6.06. The molecule has 18 heavy (non-hydrogen) atoms. The van der Waals surface area contributed by atoms with Crippen LogP contribution in [0.2, 0.25) is 0 Å². The SMILES string of the molecule is O=C(ON1CCC[C@]12CNC2=O)c1ccccc1. The summed E-state index contributed by atoms with van der Waals surface area (Å²) in [7, 11) is 0. The molecule has 0 unspecified atom stereocenters. The fraction of sp³-hybridized carbons (Fsp3) is 0.385. The van der Waals surface area contributed by atoms with Gasteiger partial charge >= 0.3 is 5.97 Å².